The Kier molecular flexibility index (Phi) is 7.45. The van der Waals surface area contributed by atoms with Crippen LogP contribution in [-0.4, -0.2) is 61.7 Å². The summed E-state index contributed by atoms with van der Waals surface area (Å²) in [7, 11) is 0. The molecule has 3 aliphatic carbocycles. The van der Waals surface area contributed by atoms with Crippen LogP contribution in [0, 0.1) is 12.3 Å². The Morgan fingerprint density at radius 3 is 2.05 bits per heavy atom. The van der Waals surface area contributed by atoms with E-state index in [2.05, 4.69) is 5.10 Å². The summed E-state index contributed by atoms with van der Waals surface area (Å²) in [6, 6.07) is 3.12. The Morgan fingerprint density at radius 2 is 1.57 bits per heavy atom. The van der Waals surface area contributed by atoms with Gasteiger partial charge in [-0.15, -0.1) is 0 Å². The van der Waals surface area contributed by atoms with Crippen LogP contribution in [0.5, 0.6) is 0 Å². The molecule has 5 fully saturated rings. The molecule has 2 saturated heterocycles. The number of fused-ring (bicyclic) bond motifs is 5. The summed E-state index contributed by atoms with van der Waals surface area (Å²) in [6.07, 6.45) is 0.0149. The van der Waals surface area contributed by atoms with E-state index in [0.717, 1.165) is 34.2 Å². The maximum absolute atomic E-state index is 14.9. The highest BCUT2D eigenvalue weighted by Crippen LogP contribution is 2.57. The fraction of sp³-hybridized carbons (Fsp3) is 0.613. The topological polar surface area (TPSA) is 102 Å². The fourth-order valence-electron chi connectivity index (χ4n) is 8.03. The van der Waals surface area contributed by atoms with Crippen LogP contribution in [0.15, 0.2) is 18.3 Å². The van der Waals surface area contributed by atoms with Crippen molar-refractivity contribution in [2.75, 3.05) is 13.1 Å². The maximum atomic E-state index is 14.9. The largest absolute Gasteiger partial charge is 0.481 e. The SMILES string of the molecule is Cc1cc(Cl)c(C(=O)CN(CC23CCC(C)(CC2)O3)C(=O)c2cnn(C34CCC(C(=O)O)(CC3)CC4)c2C(F)(F)F)c(Cl)c1. The lowest BCUT2D eigenvalue weighted by Crippen LogP contribution is -2.52. The molecule has 3 heterocycles. The number of carbonyl (C=O) groups is 3. The first-order valence-electron chi connectivity index (χ1n) is 14.9. The highest BCUT2D eigenvalue weighted by molar-refractivity contribution is 6.40. The number of carbonyl (C=O) groups excluding carboxylic acids is 2. The molecule has 238 valence electrons. The maximum Gasteiger partial charge on any atom is 0.433 e. The molecule has 2 aromatic rings. The number of aryl methyl sites for hydroxylation is 1. The molecule has 2 aliphatic heterocycles. The van der Waals surface area contributed by atoms with Gasteiger partial charge in [-0.05, 0) is 95.8 Å². The number of carboxylic acid groups (broad SMARTS) is 1. The molecule has 13 heteroatoms. The number of ether oxygens (including phenoxy) is 1. The Hall–Kier alpha value is -2.63. The number of benzene rings is 1. The molecule has 0 spiro atoms. The predicted octanol–water partition coefficient (Wildman–Crippen LogP) is 7.08. The summed E-state index contributed by atoms with van der Waals surface area (Å²) in [5.74, 6) is -2.52. The van der Waals surface area contributed by atoms with Crippen molar-refractivity contribution < 1.29 is 37.4 Å². The van der Waals surface area contributed by atoms with E-state index in [-0.39, 0.29) is 66.3 Å². The van der Waals surface area contributed by atoms with Gasteiger partial charge < -0.3 is 14.7 Å². The Balaban J connectivity index is 1.37. The van der Waals surface area contributed by atoms with Crippen molar-refractivity contribution in [1.29, 1.82) is 0 Å². The molecule has 7 rings (SSSR count). The van der Waals surface area contributed by atoms with Crippen LogP contribution in [0.1, 0.15) is 103 Å². The molecule has 44 heavy (non-hydrogen) atoms. The number of hydrogen-bond donors (Lipinski definition) is 1. The number of aromatic nitrogens is 2. The molecule has 4 bridgehead atoms. The van der Waals surface area contributed by atoms with Crippen LogP contribution in [0.25, 0.3) is 0 Å². The van der Waals surface area contributed by atoms with Crippen LogP contribution in [0.2, 0.25) is 10.0 Å². The van der Waals surface area contributed by atoms with E-state index in [0.29, 0.717) is 12.8 Å². The summed E-state index contributed by atoms with van der Waals surface area (Å²) in [6.45, 7) is 3.09. The van der Waals surface area contributed by atoms with Crippen molar-refractivity contribution in [2.24, 2.45) is 5.41 Å². The summed E-state index contributed by atoms with van der Waals surface area (Å²) < 4.78 is 51.8. The van der Waals surface area contributed by atoms with Crippen molar-refractivity contribution in [2.45, 2.75) is 101 Å². The van der Waals surface area contributed by atoms with Gasteiger partial charge in [-0.25, -0.2) is 0 Å². The number of carboxylic acids is 1. The number of hydrogen-bond acceptors (Lipinski definition) is 5. The second-order valence-corrected chi connectivity index (χ2v) is 14.4. The number of amides is 1. The summed E-state index contributed by atoms with van der Waals surface area (Å²) in [4.78, 5) is 40.9. The van der Waals surface area contributed by atoms with E-state index in [4.69, 9.17) is 27.9 Å². The van der Waals surface area contributed by atoms with Gasteiger partial charge in [-0.3, -0.25) is 19.1 Å². The van der Waals surface area contributed by atoms with Crippen molar-refractivity contribution in [3.05, 3.63) is 50.8 Å². The third-order valence-corrected chi connectivity index (χ3v) is 11.2. The Bertz CT molecular complexity index is 1500. The minimum Gasteiger partial charge on any atom is -0.481 e. The van der Waals surface area contributed by atoms with Crippen molar-refractivity contribution >= 4 is 40.9 Å². The highest BCUT2D eigenvalue weighted by atomic mass is 35.5. The lowest BCUT2D eigenvalue weighted by molar-refractivity contribution is -0.163. The zero-order chi connectivity index (χ0) is 31.9. The van der Waals surface area contributed by atoms with Crippen LogP contribution < -0.4 is 0 Å². The molecule has 1 amide bonds. The summed E-state index contributed by atoms with van der Waals surface area (Å²) in [5.41, 5.74) is -4.27. The van der Waals surface area contributed by atoms with Gasteiger partial charge in [0.15, 0.2) is 11.5 Å². The van der Waals surface area contributed by atoms with Gasteiger partial charge in [-0.1, -0.05) is 23.2 Å². The molecule has 5 aliphatic rings. The fourth-order valence-corrected chi connectivity index (χ4v) is 8.84. The molecule has 1 N–H and O–H groups in total. The number of rotatable bonds is 8. The zero-order valence-electron chi connectivity index (χ0n) is 24.5. The van der Waals surface area contributed by atoms with Crippen LogP contribution >= 0.6 is 23.2 Å². The highest BCUT2D eigenvalue weighted by Gasteiger charge is 2.57. The smallest absolute Gasteiger partial charge is 0.433 e. The van der Waals surface area contributed by atoms with E-state index in [1.54, 1.807) is 19.1 Å². The quantitative estimate of drug-likeness (QED) is 0.305. The van der Waals surface area contributed by atoms with E-state index in [9.17, 15) is 32.7 Å². The first kappa shape index (κ1) is 31.4. The number of ketones is 1. The molecular formula is C31H34Cl2F3N3O5. The standard InChI is InChI=1S/C31H34Cl2F3N3O5/c1-18-13-20(32)23(21(33)14-18)22(40)16-38(17-30-11-3-27(2,44-30)4-12-30)25(41)19-15-37-39(24(19)31(34,35)36)29-8-5-28(6-9-29,7-10-29)26(42)43/h13-15H,3-12,16-17H2,1-2H3,(H,42,43). The third kappa shape index (κ3) is 5.12. The molecule has 0 unspecified atom stereocenters. The summed E-state index contributed by atoms with van der Waals surface area (Å²) in [5, 5.41) is 14.1. The average Bonchev–Trinajstić information content (AvgIpc) is 3.64. The number of alkyl halides is 3. The van der Waals surface area contributed by atoms with Gasteiger partial charge in [0.05, 0.1) is 62.6 Å². The van der Waals surface area contributed by atoms with Gasteiger partial charge in [0.1, 0.15) is 0 Å². The van der Waals surface area contributed by atoms with Gasteiger partial charge in [-0.2, -0.15) is 18.3 Å². The average molecular weight is 657 g/mol. The minimum absolute atomic E-state index is 0.00483. The second-order valence-electron chi connectivity index (χ2n) is 13.5. The predicted molar refractivity (Wildman–Crippen MR) is 155 cm³/mol. The van der Waals surface area contributed by atoms with Gasteiger partial charge in [0, 0.05) is 0 Å². The van der Waals surface area contributed by atoms with Gasteiger partial charge in [0.2, 0.25) is 0 Å². The molecule has 0 atom stereocenters. The first-order chi connectivity index (χ1) is 20.5. The van der Waals surface area contributed by atoms with Crippen molar-refractivity contribution in [3.8, 4) is 0 Å². The van der Waals surface area contributed by atoms with E-state index >= 15 is 0 Å². The zero-order valence-corrected chi connectivity index (χ0v) is 26.0. The third-order valence-electron chi connectivity index (χ3n) is 10.6. The molecular weight excluding hydrogens is 622 g/mol. The van der Waals surface area contributed by atoms with Crippen LogP contribution in [-0.2, 0) is 21.2 Å². The lowest BCUT2D eigenvalue weighted by atomic mass is 9.57. The normalized spacial score (nSPS) is 31.0. The molecule has 8 nitrogen and oxygen atoms in total. The molecule has 1 aromatic carbocycles. The second kappa shape index (κ2) is 10.5. The van der Waals surface area contributed by atoms with E-state index in [1.807, 2.05) is 6.92 Å². The lowest BCUT2D eigenvalue weighted by Gasteiger charge is -2.51. The van der Waals surface area contributed by atoms with Crippen molar-refractivity contribution in [3.63, 3.8) is 0 Å². The Labute approximate surface area is 262 Å². The number of halogens is 5. The van der Waals surface area contributed by atoms with Gasteiger partial charge >= 0.3 is 12.1 Å². The molecule has 0 radical (unpaired) electrons. The molecule has 3 saturated carbocycles. The summed E-state index contributed by atoms with van der Waals surface area (Å²) >= 11 is 12.7. The number of nitrogens with zero attached hydrogens (tertiary/aromatic N) is 3. The first-order valence-corrected chi connectivity index (χ1v) is 15.6. The number of aliphatic carboxylic acids is 1. The van der Waals surface area contributed by atoms with E-state index < -0.39 is 58.2 Å². The minimum atomic E-state index is -4.94. The van der Waals surface area contributed by atoms with Gasteiger partial charge in [0.25, 0.3) is 5.91 Å². The molecule has 1 aromatic heterocycles. The number of Topliss-reactive ketones (excluding diaryl/α,β-unsaturated/α-hetero) is 1. The van der Waals surface area contributed by atoms with Crippen molar-refractivity contribution in [1.82, 2.24) is 14.7 Å². The monoisotopic (exact) mass is 655 g/mol. The van der Waals surface area contributed by atoms with Crippen LogP contribution in [0.4, 0.5) is 13.2 Å². The van der Waals surface area contributed by atoms with Crippen LogP contribution in [0.3, 0.4) is 0 Å². The van der Waals surface area contributed by atoms with E-state index in [1.165, 1.54) is 0 Å². The Morgan fingerprint density at radius 1 is 1.00 bits per heavy atom.